The third kappa shape index (κ3) is 3.72. The van der Waals surface area contributed by atoms with Crippen LogP contribution in [0.2, 0.25) is 0 Å². The van der Waals surface area contributed by atoms with E-state index in [0.717, 1.165) is 30.0 Å². The molecule has 2 N–H and O–H groups in total. The number of nitrogens with zero attached hydrogens (tertiary/aromatic N) is 2. The summed E-state index contributed by atoms with van der Waals surface area (Å²) in [5.41, 5.74) is 7.97. The number of rotatable bonds is 5. The number of hydrogen-bond acceptors (Lipinski definition) is 4. The molecule has 4 nitrogen and oxygen atoms in total. The van der Waals surface area contributed by atoms with E-state index in [9.17, 15) is 0 Å². The molecule has 0 bridgehead atoms. The minimum atomic E-state index is 0.459. The van der Waals surface area contributed by atoms with E-state index in [1.54, 1.807) is 0 Å². The van der Waals surface area contributed by atoms with Gasteiger partial charge in [-0.25, -0.2) is 4.98 Å². The summed E-state index contributed by atoms with van der Waals surface area (Å²) in [6.45, 7) is 8.29. The second kappa shape index (κ2) is 6.57. The summed E-state index contributed by atoms with van der Waals surface area (Å²) in [5, 5.41) is 0. The van der Waals surface area contributed by atoms with E-state index >= 15 is 0 Å². The first-order valence-corrected chi connectivity index (χ1v) is 7.42. The van der Waals surface area contributed by atoms with Gasteiger partial charge in [0.05, 0.1) is 5.56 Å². The molecule has 21 heavy (non-hydrogen) atoms. The zero-order chi connectivity index (χ0) is 15.4. The van der Waals surface area contributed by atoms with Gasteiger partial charge in [0.1, 0.15) is 17.4 Å². The fraction of sp³-hybridized carbons (Fsp3) is 0.412. The predicted octanol–water partition coefficient (Wildman–Crippen LogP) is 4.24. The topological polar surface area (TPSA) is 61.0 Å². The Hall–Kier alpha value is -2.10. The Morgan fingerprint density at radius 3 is 2.67 bits per heavy atom. The summed E-state index contributed by atoms with van der Waals surface area (Å²) in [5.74, 6) is 3.01. The SMILES string of the molecule is CCCc1nc(N)c(C)c(Oc2cccc(C(C)C)c2)n1. The predicted molar refractivity (Wildman–Crippen MR) is 85.8 cm³/mol. The first-order valence-electron chi connectivity index (χ1n) is 7.42. The Balaban J connectivity index is 2.32. The molecule has 4 heteroatoms. The molecular weight excluding hydrogens is 262 g/mol. The lowest BCUT2D eigenvalue weighted by atomic mass is 10.0. The molecule has 2 rings (SSSR count). The summed E-state index contributed by atoms with van der Waals surface area (Å²) >= 11 is 0. The third-order valence-electron chi connectivity index (χ3n) is 3.40. The molecule has 0 atom stereocenters. The zero-order valence-corrected chi connectivity index (χ0v) is 13.2. The van der Waals surface area contributed by atoms with Crippen LogP contribution in [0.25, 0.3) is 0 Å². The minimum Gasteiger partial charge on any atom is -0.439 e. The van der Waals surface area contributed by atoms with Crippen molar-refractivity contribution in [2.75, 3.05) is 5.73 Å². The fourth-order valence-corrected chi connectivity index (χ4v) is 2.04. The summed E-state index contributed by atoms with van der Waals surface area (Å²) < 4.78 is 5.94. The molecular formula is C17H23N3O. The van der Waals surface area contributed by atoms with Crippen LogP contribution in [0.15, 0.2) is 24.3 Å². The number of hydrogen-bond donors (Lipinski definition) is 1. The first-order chi connectivity index (χ1) is 10.0. The lowest BCUT2D eigenvalue weighted by Gasteiger charge is -2.12. The van der Waals surface area contributed by atoms with E-state index in [1.807, 2.05) is 25.1 Å². The van der Waals surface area contributed by atoms with Crippen LogP contribution >= 0.6 is 0 Å². The largest absolute Gasteiger partial charge is 0.439 e. The number of anilines is 1. The van der Waals surface area contributed by atoms with Crippen molar-refractivity contribution in [1.82, 2.24) is 9.97 Å². The van der Waals surface area contributed by atoms with Crippen molar-refractivity contribution < 1.29 is 4.74 Å². The van der Waals surface area contributed by atoms with Crippen molar-refractivity contribution in [3.63, 3.8) is 0 Å². The molecule has 0 radical (unpaired) electrons. The van der Waals surface area contributed by atoms with Crippen LogP contribution in [0.1, 0.15) is 50.1 Å². The van der Waals surface area contributed by atoms with Gasteiger partial charge in [0.2, 0.25) is 5.88 Å². The van der Waals surface area contributed by atoms with Crippen molar-refractivity contribution in [2.24, 2.45) is 0 Å². The maximum absolute atomic E-state index is 5.95. The second-order valence-corrected chi connectivity index (χ2v) is 5.53. The molecule has 0 aliphatic heterocycles. The Bertz CT molecular complexity index is 623. The van der Waals surface area contributed by atoms with E-state index < -0.39 is 0 Å². The quantitative estimate of drug-likeness (QED) is 0.892. The monoisotopic (exact) mass is 285 g/mol. The number of benzene rings is 1. The van der Waals surface area contributed by atoms with Crippen molar-refractivity contribution in [1.29, 1.82) is 0 Å². The highest BCUT2D eigenvalue weighted by atomic mass is 16.5. The molecule has 0 fully saturated rings. The van der Waals surface area contributed by atoms with Gasteiger partial charge in [0.15, 0.2) is 0 Å². The lowest BCUT2D eigenvalue weighted by Crippen LogP contribution is -2.05. The van der Waals surface area contributed by atoms with Crippen LogP contribution in [-0.4, -0.2) is 9.97 Å². The van der Waals surface area contributed by atoms with Crippen molar-refractivity contribution >= 4 is 5.82 Å². The van der Waals surface area contributed by atoms with Crippen LogP contribution in [0.3, 0.4) is 0 Å². The van der Waals surface area contributed by atoms with Gasteiger partial charge in [-0.3, -0.25) is 0 Å². The molecule has 0 amide bonds. The number of nitrogen functional groups attached to an aromatic ring is 1. The lowest BCUT2D eigenvalue weighted by molar-refractivity contribution is 0.454. The molecule has 0 aliphatic carbocycles. The molecule has 0 aliphatic rings. The fourth-order valence-electron chi connectivity index (χ4n) is 2.04. The second-order valence-electron chi connectivity index (χ2n) is 5.53. The zero-order valence-electron chi connectivity index (χ0n) is 13.2. The molecule has 2 aromatic rings. The highest BCUT2D eigenvalue weighted by Crippen LogP contribution is 2.28. The minimum absolute atomic E-state index is 0.459. The summed E-state index contributed by atoms with van der Waals surface area (Å²) in [7, 11) is 0. The molecule has 1 heterocycles. The van der Waals surface area contributed by atoms with Crippen LogP contribution in [-0.2, 0) is 6.42 Å². The molecule has 1 aromatic carbocycles. The Morgan fingerprint density at radius 1 is 1.24 bits per heavy atom. The Labute approximate surface area is 126 Å². The summed E-state index contributed by atoms with van der Waals surface area (Å²) in [6.07, 6.45) is 1.78. The molecule has 0 spiro atoms. The molecule has 0 saturated carbocycles. The van der Waals surface area contributed by atoms with Crippen LogP contribution in [0.5, 0.6) is 11.6 Å². The van der Waals surface area contributed by atoms with Gasteiger partial charge in [-0.15, -0.1) is 0 Å². The molecule has 112 valence electrons. The van der Waals surface area contributed by atoms with Crippen LogP contribution < -0.4 is 10.5 Å². The van der Waals surface area contributed by atoms with Gasteiger partial charge < -0.3 is 10.5 Å². The van der Waals surface area contributed by atoms with E-state index in [4.69, 9.17) is 10.5 Å². The standard InChI is InChI=1S/C17H23N3O/c1-5-7-15-19-16(18)12(4)17(20-15)21-14-9-6-8-13(10-14)11(2)3/h6,8-11H,5,7H2,1-4H3,(H2,18,19,20). The average Bonchev–Trinajstić information content (AvgIpc) is 2.45. The van der Waals surface area contributed by atoms with Gasteiger partial charge in [-0.2, -0.15) is 4.98 Å². The van der Waals surface area contributed by atoms with Gasteiger partial charge >= 0.3 is 0 Å². The summed E-state index contributed by atoms with van der Waals surface area (Å²) in [6, 6.07) is 8.07. The third-order valence-corrected chi connectivity index (χ3v) is 3.40. The highest BCUT2D eigenvalue weighted by Gasteiger charge is 2.11. The smallest absolute Gasteiger partial charge is 0.227 e. The summed E-state index contributed by atoms with van der Waals surface area (Å²) in [4.78, 5) is 8.78. The van der Waals surface area contributed by atoms with Crippen molar-refractivity contribution in [3.05, 3.63) is 41.2 Å². The van der Waals surface area contributed by atoms with Crippen molar-refractivity contribution in [3.8, 4) is 11.6 Å². The molecule has 0 saturated heterocycles. The van der Waals surface area contributed by atoms with Gasteiger partial charge in [0.25, 0.3) is 0 Å². The number of nitrogens with two attached hydrogens (primary N) is 1. The first kappa shape index (κ1) is 15.3. The van der Waals surface area contributed by atoms with E-state index in [2.05, 4.69) is 36.8 Å². The van der Waals surface area contributed by atoms with E-state index in [0.29, 0.717) is 17.6 Å². The molecule has 1 aromatic heterocycles. The highest BCUT2D eigenvalue weighted by molar-refractivity contribution is 5.46. The maximum atomic E-state index is 5.95. The number of aromatic nitrogens is 2. The average molecular weight is 285 g/mol. The van der Waals surface area contributed by atoms with Gasteiger partial charge in [-0.1, -0.05) is 32.9 Å². The van der Waals surface area contributed by atoms with E-state index in [1.165, 1.54) is 5.56 Å². The maximum Gasteiger partial charge on any atom is 0.227 e. The Morgan fingerprint density at radius 2 is 2.00 bits per heavy atom. The van der Waals surface area contributed by atoms with Crippen LogP contribution in [0.4, 0.5) is 5.82 Å². The van der Waals surface area contributed by atoms with Gasteiger partial charge in [0, 0.05) is 6.42 Å². The van der Waals surface area contributed by atoms with Crippen LogP contribution in [0, 0.1) is 6.92 Å². The van der Waals surface area contributed by atoms with Crippen molar-refractivity contribution in [2.45, 2.75) is 46.5 Å². The molecule has 0 unspecified atom stereocenters. The van der Waals surface area contributed by atoms with E-state index in [-0.39, 0.29) is 0 Å². The number of aryl methyl sites for hydroxylation is 1. The normalized spacial score (nSPS) is 10.9. The van der Waals surface area contributed by atoms with Gasteiger partial charge in [-0.05, 0) is 37.0 Å². The Kier molecular flexibility index (Phi) is 4.78. The number of ether oxygens (including phenoxy) is 1.